The smallest absolute Gasteiger partial charge is 0.226 e. The van der Waals surface area contributed by atoms with Crippen LogP contribution < -0.4 is 16.0 Å². The molecule has 0 aliphatic rings. The molecule has 2 amide bonds. The van der Waals surface area contributed by atoms with E-state index >= 15 is 0 Å². The van der Waals surface area contributed by atoms with Crippen LogP contribution in [0.2, 0.25) is 0 Å². The molecule has 0 aromatic heterocycles. The Kier molecular flexibility index (Phi) is 6.45. The van der Waals surface area contributed by atoms with E-state index in [4.69, 9.17) is 12.2 Å². The van der Waals surface area contributed by atoms with Crippen LogP contribution in [0.4, 0.5) is 11.4 Å². The summed E-state index contributed by atoms with van der Waals surface area (Å²) in [4.78, 5) is 22.9. The van der Waals surface area contributed by atoms with Crippen molar-refractivity contribution in [2.24, 2.45) is 0 Å². The molecule has 5 nitrogen and oxygen atoms in total. The number of nitrogens with one attached hydrogen (secondary N) is 3. The molecular weight excluding hydrogens is 322 g/mol. The van der Waals surface area contributed by atoms with Gasteiger partial charge in [0.15, 0.2) is 5.11 Å². The van der Waals surface area contributed by atoms with Crippen molar-refractivity contribution in [2.75, 3.05) is 10.6 Å². The van der Waals surface area contributed by atoms with Crippen LogP contribution in [0.5, 0.6) is 0 Å². The van der Waals surface area contributed by atoms with Crippen LogP contribution in [0.1, 0.15) is 18.9 Å². The van der Waals surface area contributed by atoms with Gasteiger partial charge in [0.25, 0.3) is 0 Å². The van der Waals surface area contributed by atoms with Gasteiger partial charge in [-0.15, -0.1) is 0 Å². The number of carbonyl (C=O) groups excluding carboxylic acids is 2. The molecule has 6 heteroatoms. The van der Waals surface area contributed by atoms with Gasteiger partial charge in [0.05, 0.1) is 0 Å². The molecule has 0 saturated carbocycles. The zero-order valence-electron chi connectivity index (χ0n) is 13.3. The Hall–Kier alpha value is -2.73. The quantitative estimate of drug-likeness (QED) is 0.731. The maximum absolute atomic E-state index is 11.9. The van der Waals surface area contributed by atoms with Gasteiger partial charge in [0, 0.05) is 24.7 Å². The third-order valence-corrected chi connectivity index (χ3v) is 3.40. The third-order valence-electron chi connectivity index (χ3n) is 3.20. The standard InChI is InChI=1S/C18H19N3O2S/c1-13(22)19-15-8-10-16(11-9-15)20-18(24)21-17(23)12-7-14-5-3-2-4-6-14/h2-6,8-11H,7,12H2,1H3,(H,19,22)(H2,20,21,23,24). The van der Waals surface area contributed by atoms with E-state index in [0.29, 0.717) is 18.5 Å². The van der Waals surface area contributed by atoms with Crippen molar-refractivity contribution in [2.45, 2.75) is 19.8 Å². The van der Waals surface area contributed by atoms with Crippen molar-refractivity contribution in [3.63, 3.8) is 0 Å². The molecule has 0 atom stereocenters. The molecule has 0 aliphatic heterocycles. The van der Waals surface area contributed by atoms with Gasteiger partial charge in [-0.1, -0.05) is 30.3 Å². The van der Waals surface area contributed by atoms with E-state index in [1.54, 1.807) is 24.3 Å². The second-order valence-electron chi connectivity index (χ2n) is 5.25. The zero-order valence-corrected chi connectivity index (χ0v) is 14.2. The van der Waals surface area contributed by atoms with Gasteiger partial charge in [-0.2, -0.15) is 0 Å². The fourth-order valence-corrected chi connectivity index (χ4v) is 2.33. The number of amides is 2. The van der Waals surface area contributed by atoms with Gasteiger partial charge in [-0.05, 0) is 48.5 Å². The lowest BCUT2D eigenvalue weighted by atomic mass is 10.1. The average Bonchev–Trinajstić information content (AvgIpc) is 2.55. The van der Waals surface area contributed by atoms with E-state index in [2.05, 4.69) is 16.0 Å². The van der Waals surface area contributed by atoms with Crippen LogP contribution in [-0.4, -0.2) is 16.9 Å². The lowest BCUT2D eigenvalue weighted by molar-refractivity contribution is -0.119. The minimum atomic E-state index is -0.133. The monoisotopic (exact) mass is 341 g/mol. The molecule has 0 saturated heterocycles. The molecule has 124 valence electrons. The van der Waals surface area contributed by atoms with Crippen LogP contribution >= 0.6 is 12.2 Å². The fraction of sp³-hybridized carbons (Fsp3) is 0.167. The Morgan fingerprint density at radius 2 is 1.50 bits per heavy atom. The first-order valence-electron chi connectivity index (χ1n) is 7.55. The summed E-state index contributed by atoms with van der Waals surface area (Å²) in [5.41, 5.74) is 2.54. The summed E-state index contributed by atoms with van der Waals surface area (Å²) in [7, 11) is 0. The highest BCUT2D eigenvalue weighted by Gasteiger charge is 2.05. The summed E-state index contributed by atoms with van der Waals surface area (Å²) in [5.74, 6) is -0.261. The number of hydrogen-bond donors (Lipinski definition) is 3. The van der Waals surface area contributed by atoms with Gasteiger partial charge in [0.2, 0.25) is 11.8 Å². The first kappa shape index (κ1) is 17.6. The topological polar surface area (TPSA) is 70.2 Å². The highest BCUT2D eigenvalue weighted by atomic mass is 32.1. The lowest BCUT2D eigenvalue weighted by Crippen LogP contribution is -2.34. The van der Waals surface area contributed by atoms with Crippen molar-refractivity contribution in [1.82, 2.24) is 5.32 Å². The van der Waals surface area contributed by atoms with Gasteiger partial charge in [-0.25, -0.2) is 0 Å². The van der Waals surface area contributed by atoms with Crippen LogP contribution in [0.25, 0.3) is 0 Å². The molecule has 0 unspecified atom stereocenters. The fourth-order valence-electron chi connectivity index (χ4n) is 2.09. The number of aryl methyl sites for hydroxylation is 1. The van der Waals surface area contributed by atoms with E-state index in [-0.39, 0.29) is 16.9 Å². The van der Waals surface area contributed by atoms with Crippen molar-refractivity contribution < 1.29 is 9.59 Å². The molecule has 0 spiro atoms. The molecule has 0 fully saturated rings. The number of carbonyl (C=O) groups is 2. The van der Waals surface area contributed by atoms with Gasteiger partial charge >= 0.3 is 0 Å². The molecule has 3 N–H and O–H groups in total. The molecule has 0 radical (unpaired) electrons. The Morgan fingerprint density at radius 3 is 2.08 bits per heavy atom. The van der Waals surface area contributed by atoms with Gasteiger partial charge in [-0.3, -0.25) is 9.59 Å². The highest BCUT2D eigenvalue weighted by molar-refractivity contribution is 7.80. The van der Waals surface area contributed by atoms with E-state index in [9.17, 15) is 9.59 Å². The third kappa shape index (κ3) is 6.18. The molecule has 0 aliphatic carbocycles. The van der Waals surface area contributed by atoms with Crippen molar-refractivity contribution in [3.8, 4) is 0 Å². The molecule has 0 heterocycles. The normalized spacial score (nSPS) is 9.88. The Morgan fingerprint density at radius 1 is 0.917 bits per heavy atom. The first-order chi connectivity index (χ1) is 11.5. The summed E-state index contributed by atoms with van der Waals surface area (Å²) in [5, 5.41) is 8.53. The van der Waals surface area contributed by atoms with Crippen molar-refractivity contribution in [1.29, 1.82) is 0 Å². The largest absolute Gasteiger partial charge is 0.332 e. The predicted octanol–water partition coefficient (Wildman–Crippen LogP) is 3.09. The second kappa shape index (κ2) is 8.79. The highest BCUT2D eigenvalue weighted by Crippen LogP contribution is 2.13. The van der Waals surface area contributed by atoms with Crippen molar-refractivity contribution >= 4 is 40.5 Å². The van der Waals surface area contributed by atoms with Crippen LogP contribution in [-0.2, 0) is 16.0 Å². The minimum absolute atomic E-state index is 0.128. The molecular formula is C18H19N3O2S. The summed E-state index contributed by atoms with van der Waals surface area (Å²) < 4.78 is 0. The van der Waals surface area contributed by atoms with Crippen LogP contribution in [0.3, 0.4) is 0 Å². The summed E-state index contributed by atoms with van der Waals surface area (Å²) >= 11 is 5.13. The summed E-state index contributed by atoms with van der Waals surface area (Å²) in [6, 6.07) is 16.9. The number of thiocarbonyl (C=S) groups is 1. The first-order valence-corrected chi connectivity index (χ1v) is 7.96. The van der Waals surface area contributed by atoms with E-state index < -0.39 is 0 Å². The molecule has 2 aromatic carbocycles. The van der Waals surface area contributed by atoms with Crippen molar-refractivity contribution in [3.05, 3.63) is 60.2 Å². The zero-order chi connectivity index (χ0) is 17.4. The summed E-state index contributed by atoms with van der Waals surface area (Å²) in [6.07, 6.45) is 1.04. The molecule has 24 heavy (non-hydrogen) atoms. The molecule has 2 rings (SSSR count). The number of hydrogen-bond acceptors (Lipinski definition) is 3. The predicted molar refractivity (Wildman–Crippen MR) is 99.9 cm³/mol. The Labute approximate surface area is 146 Å². The Bertz CT molecular complexity index is 715. The molecule has 0 bridgehead atoms. The number of rotatable bonds is 5. The minimum Gasteiger partial charge on any atom is -0.332 e. The number of benzene rings is 2. The van der Waals surface area contributed by atoms with E-state index in [1.165, 1.54) is 6.92 Å². The maximum Gasteiger partial charge on any atom is 0.226 e. The van der Waals surface area contributed by atoms with Crippen LogP contribution in [0.15, 0.2) is 54.6 Å². The summed E-state index contributed by atoms with van der Waals surface area (Å²) in [6.45, 7) is 1.45. The van der Waals surface area contributed by atoms with Gasteiger partial charge < -0.3 is 16.0 Å². The van der Waals surface area contributed by atoms with E-state index in [0.717, 1.165) is 11.3 Å². The SMILES string of the molecule is CC(=O)Nc1ccc(NC(=S)NC(=O)CCc2ccccc2)cc1. The number of anilines is 2. The lowest BCUT2D eigenvalue weighted by Gasteiger charge is -2.10. The average molecular weight is 341 g/mol. The van der Waals surface area contributed by atoms with Crippen LogP contribution in [0, 0.1) is 0 Å². The molecule has 2 aromatic rings. The maximum atomic E-state index is 11.9. The Balaban J connectivity index is 1.77. The van der Waals surface area contributed by atoms with Gasteiger partial charge in [0.1, 0.15) is 0 Å². The van der Waals surface area contributed by atoms with E-state index in [1.807, 2.05) is 30.3 Å². The second-order valence-corrected chi connectivity index (χ2v) is 5.65.